The summed E-state index contributed by atoms with van der Waals surface area (Å²) in [6.07, 6.45) is 10.2. The van der Waals surface area contributed by atoms with E-state index in [0.29, 0.717) is 18.8 Å². The maximum Gasteiger partial charge on any atom is 0.161 e. The standard InChI is InChI=1S/C15H30O2/c1-4-7-8-9-10-11-12-13-14(16)15(5-2)17-6-3/h15H,4-13H2,1-3H3. The molecule has 0 bridgehead atoms. The van der Waals surface area contributed by atoms with E-state index in [2.05, 4.69) is 6.92 Å². The zero-order chi connectivity index (χ0) is 12.9. The highest BCUT2D eigenvalue weighted by molar-refractivity contribution is 5.82. The van der Waals surface area contributed by atoms with E-state index in [4.69, 9.17) is 4.74 Å². The van der Waals surface area contributed by atoms with Crippen LogP contribution in [-0.2, 0) is 9.53 Å². The molecule has 0 fully saturated rings. The van der Waals surface area contributed by atoms with Crippen molar-refractivity contribution in [3.63, 3.8) is 0 Å². The predicted molar refractivity (Wildman–Crippen MR) is 73.3 cm³/mol. The molecule has 0 amide bonds. The summed E-state index contributed by atoms with van der Waals surface area (Å²) < 4.78 is 5.41. The first-order chi connectivity index (χ1) is 8.26. The summed E-state index contributed by atoms with van der Waals surface area (Å²) in [6, 6.07) is 0. The summed E-state index contributed by atoms with van der Waals surface area (Å²) in [6.45, 7) is 6.84. The van der Waals surface area contributed by atoms with Crippen molar-refractivity contribution in [2.75, 3.05) is 6.61 Å². The Labute approximate surface area is 107 Å². The fourth-order valence-electron chi connectivity index (χ4n) is 2.06. The van der Waals surface area contributed by atoms with Crippen LogP contribution in [0.4, 0.5) is 0 Å². The molecular formula is C15H30O2. The average Bonchev–Trinajstić information content (AvgIpc) is 2.34. The Morgan fingerprint density at radius 1 is 0.941 bits per heavy atom. The van der Waals surface area contributed by atoms with E-state index in [1.54, 1.807) is 0 Å². The summed E-state index contributed by atoms with van der Waals surface area (Å²) in [5.74, 6) is 0.294. The lowest BCUT2D eigenvalue weighted by molar-refractivity contribution is -0.130. The molecule has 0 N–H and O–H groups in total. The number of hydrogen-bond acceptors (Lipinski definition) is 2. The molecule has 0 saturated carbocycles. The van der Waals surface area contributed by atoms with Gasteiger partial charge in [0.05, 0.1) is 0 Å². The molecule has 0 spiro atoms. The highest BCUT2D eigenvalue weighted by Gasteiger charge is 2.15. The maximum atomic E-state index is 11.8. The molecule has 1 atom stereocenters. The molecule has 17 heavy (non-hydrogen) atoms. The van der Waals surface area contributed by atoms with Crippen molar-refractivity contribution >= 4 is 5.78 Å². The van der Waals surface area contributed by atoms with E-state index < -0.39 is 0 Å². The van der Waals surface area contributed by atoms with Gasteiger partial charge in [0.2, 0.25) is 0 Å². The van der Waals surface area contributed by atoms with Crippen LogP contribution in [0.1, 0.15) is 78.6 Å². The van der Waals surface area contributed by atoms with E-state index >= 15 is 0 Å². The quantitative estimate of drug-likeness (QED) is 0.471. The van der Waals surface area contributed by atoms with Crippen LogP contribution in [0.5, 0.6) is 0 Å². The second-order valence-corrected chi connectivity index (χ2v) is 4.69. The Morgan fingerprint density at radius 2 is 1.53 bits per heavy atom. The van der Waals surface area contributed by atoms with Crippen molar-refractivity contribution in [3.8, 4) is 0 Å². The maximum absolute atomic E-state index is 11.8. The Kier molecular flexibility index (Phi) is 11.8. The molecule has 0 heterocycles. The van der Waals surface area contributed by atoms with Gasteiger partial charge in [0.1, 0.15) is 6.10 Å². The van der Waals surface area contributed by atoms with Crippen LogP contribution in [0, 0.1) is 0 Å². The molecule has 0 aromatic rings. The lowest BCUT2D eigenvalue weighted by Crippen LogP contribution is -2.23. The molecule has 102 valence electrons. The lowest BCUT2D eigenvalue weighted by atomic mass is 10.0. The zero-order valence-corrected chi connectivity index (χ0v) is 12.0. The zero-order valence-electron chi connectivity index (χ0n) is 12.0. The normalized spacial score (nSPS) is 12.6. The summed E-state index contributed by atoms with van der Waals surface area (Å²) in [5.41, 5.74) is 0. The van der Waals surface area contributed by atoms with Crippen molar-refractivity contribution in [1.82, 2.24) is 0 Å². The smallest absolute Gasteiger partial charge is 0.161 e. The lowest BCUT2D eigenvalue weighted by Gasteiger charge is -2.13. The van der Waals surface area contributed by atoms with E-state index in [1.807, 2.05) is 13.8 Å². The monoisotopic (exact) mass is 242 g/mol. The number of unbranched alkanes of at least 4 members (excludes halogenated alkanes) is 6. The highest BCUT2D eigenvalue weighted by atomic mass is 16.5. The van der Waals surface area contributed by atoms with Crippen LogP contribution in [0.2, 0.25) is 0 Å². The third-order valence-electron chi connectivity index (χ3n) is 3.12. The number of Topliss-reactive ketones (excluding diaryl/α,β-unsaturated/α-hetero) is 1. The number of carbonyl (C=O) groups is 1. The van der Waals surface area contributed by atoms with E-state index in [0.717, 1.165) is 12.8 Å². The number of carbonyl (C=O) groups excluding carboxylic acids is 1. The fraction of sp³-hybridized carbons (Fsp3) is 0.933. The summed E-state index contributed by atoms with van der Waals surface area (Å²) in [4.78, 5) is 11.8. The van der Waals surface area contributed by atoms with Gasteiger partial charge in [-0.3, -0.25) is 4.79 Å². The average molecular weight is 242 g/mol. The third kappa shape index (κ3) is 9.34. The van der Waals surface area contributed by atoms with Crippen LogP contribution in [0.25, 0.3) is 0 Å². The molecule has 0 aliphatic heterocycles. The third-order valence-corrected chi connectivity index (χ3v) is 3.12. The molecule has 1 unspecified atom stereocenters. The number of ketones is 1. The Balaban J connectivity index is 3.43. The summed E-state index contributed by atoms with van der Waals surface area (Å²) in [7, 11) is 0. The number of hydrogen-bond donors (Lipinski definition) is 0. The first kappa shape index (κ1) is 16.6. The van der Waals surface area contributed by atoms with E-state index in [9.17, 15) is 4.79 Å². The van der Waals surface area contributed by atoms with Crippen molar-refractivity contribution in [2.45, 2.75) is 84.7 Å². The van der Waals surface area contributed by atoms with Crippen molar-refractivity contribution in [3.05, 3.63) is 0 Å². The van der Waals surface area contributed by atoms with Gasteiger partial charge in [0.25, 0.3) is 0 Å². The molecule has 0 aliphatic rings. The first-order valence-electron chi connectivity index (χ1n) is 7.40. The minimum Gasteiger partial charge on any atom is -0.371 e. The van der Waals surface area contributed by atoms with Gasteiger partial charge in [-0.2, -0.15) is 0 Å². The van der Waals surface area contributed by atoms with Gasteiger partial charge in [-0.05, 0) is 19.8 Å². The van der Waals surface area contributed by atoms with Crippen molar-refractivity contribution < 1.29 is 9.53 Å². The van der Waals surface area contributed by atoms with Crippen LogP contribution < -0.4 is 0 Å². The van der Waals surface area contributed by atoms with Crippen LogP contribution >= 0.6 is 0 Å². The van der Waals surface area contributed by atoms with Gasteiger partial charge < -0.3 is 4.74 Å². The van der Waals surface area contributed by atoms with Gasteiger partial charge in [-0.1, -0.05) is 52.4 Å². The van der Waals surface area contributed by atoms with Crippen LogP contribution in [0.15, 0.2) is 0 Å². The first-order valence-corrected chi connectivity index (χ1v) is 7.40. The second kappa shape index (κ2) is 12.1. The highest BCUT2D eigenvalue weighted by Crippen LogP contribution is 2.11. The molecule has 0 aromatic carbocycles. The van der Waals surface area contributed by atoms with Gasteiger partial charge >= 0.3 is 0 Å². The number of rotatable bonds is 12. The number of ether oxygens (including phenoxy) is 1. The molecular weight excluding hydrogens is 212 g/mol. The van der Waals surface area contributed by atoms with Crippen molar-refractivity contribution in [2.24, 2.45) is 0 Å². The van der Waals surface area contributed by atoms with E-state index in [1.165, 1.54) is 38.5 Å². The molecule has 0 radical (unpaired) electrons. The van der Waals surface area contributed by atoms with Crippen LogP contribution in [0.3, 0.4) is 0 Å². The fourth-order valence-corrected chi connectivity index (χ4v) is 2.06. The second-order valence-electron chi connectivity index (χ2n) is 4.69. The molecule has 0 rings (SSSR count). The molecule has 2 heteroatoms. The Bertz CT molecular complexity index is 178. The van der Waals surface area contributed by atoms with Gasteiger partial charge in [0.15, 0.2) is 5.78 Å². The molecule has 2 nitrogen and oxygen atoms in total. The largest absolute Gasteiger partial charge is 0.371 e. The van der Waals surface area contributed by atoms with Gasteiger partial charge in [0, 0.05) is 13.0 Å². The predicted octanol–water partition coefficient (Wildman–Crippen LogP) is 4.51. The van der Waals surface area contributed by atoms with E-state index in [-0.39, 0.29) is 6.10 Å². The molecule has 0 saturated heterocycles. The minimum absolute atomic E-state index is 0.153. The Morgan fingerprint density at radius 3 is 2.06 bits per heavy atom. The van der Waals surface area contributed by atoms with Gasteiger partial charge in [-0.15, -0.1) is 0 Å². The molecule has 0 aromatic heterocycles. The molecule has 0 aliphatic carbocycles. The van der Waals surface area contributed by atoms with Crippen LogP contribution in [-0.4, -0.2) is 18.5 Å². The van der Waals surface area contributed by atoms with Crippen molar-refractivity contribution in [1.29, 1.82) is 0 Å². The topological polar surface area (TPSA) is 26.3 Å². The SMILES string of the molecule is CCCCCCCCCC(=O)C(CC)OCC. The minimum atomic E-state index is -0.153. The summed E-state index contributed by atoms with van der Waals surface area (Å²) in [5, 5.41) is 0. The summed E-state index contributed by atoms with van der Waals surface area (Å²) >= 11 is 0. The van der Waals surface area contributed by atoms with Gasteiger partial charge in [-0.25, -0.2) is 0 Å². The Hall–Kier alpha value is -0.370.